The maximum atomic E-state index is 13.6. The third-order valence-electron chi connectivity index (χ3n) is 4.53. The number of halogens is 1. The number of aliphatic hydroxyl groups is 1. The zero-order valence-corrected chi connectivity index (χ0v) is 14.0. The molecule has 0 spiro atoms. The Morgan fingerprint density at radius 2 is 1.96 bits per heavy atom. The van der Waals surface area contributed by atoms with Crippen molar-refractivity contribution in [3.8, 4) is 0 Å². The van der Waals surface area contributed by atoms with Crippen LogP contribution in [0.4, 0.5) is 4.39 Å². The van der Waals surface area contributed by atoms with Gasteiger partial charge in [0.15, 0.2) is 5.82 Å². The van der Waals surface area contributed by atoms with E-state index in [0.717, 1.165) is 49.8 Å². The van der Waals surface area contributed by atoms with E-state index < -0.39 is 11.7 Å². The first kappa shape index (κ1) is 17.5. The second kappa shape index (κ2) is 8.18. The van der Waals surface area contributed by atoms with Gasteiger partial charge in [0.25, 0.3) is 5.91 Å². The van der Waals surface area contributed by atoms with Crippen LogP contribution in [0.2, 0.25) is 0 Å². The molecule has 0 unspecified atom stereocenters. The van der Waals surface area contributed by atoms with Gasteiger partial charge in [0.2, 0.25) is 0 Å². The van der Waals surface area contributed by atoms with Gasteiger partial charge in [0, 0.05) is 32.4 Å². The second-order valence-electron chi connectivity index (χ2n) is 6.31. The number of benzene rings is 1. The Balaban J connectivity index is 1.63. The van der Waals surface area contributed by atoms with Gasteiger partial charge in [-0.1, -0.05) is 24.3 Å². The average Bonchev–Trinajstić information content (AvgIpc) is 2.63. The van der Waals surface area contributed by atoms with Crippen LogP contribution in [-0.2, 0) is 13.1 Å². The predicted octanol–water partition coefficient (Wildman–Crippen LogP) is 2.11. The van der Waals surface area contributed by atoms with Gasteiger partial charge in [-0.05, 0) is 30.0 Å². The number of nitrogens with one attached hydrogen (secondary N) is 1. The molecule has 1 aliphatic heterocycles. The van der Waals surface area contributed by atoms with Crippen LogP contribution < -0.4 is 5.32 Å². The highest BCUT2D eigenvalue weighted by Crippen LogP contribution is 2.17. The number of piperidine rings is 1. The number of aliphatic hydroxyl groups excluding tert-OH is 1. The first-order chi connectivity index (χ1) is 12.1. The number of aromatic nitrogens is 1. The van der Waals surface area contributed by atoms with Crippen LogP contribution in [0.25, 0.3) is 0 Å². The van der Waals surface area contributed by atoms with Crippen LogP contribution in [-0.4, -0.2) is 40.1 Å². The molecule has 132 valence electrons. The van der Waals surface area contributed by atoms with Crippen molar-refractivity contribution in [2.45, 2.75) is 32.0 Å². The molecule has 25 heavy (non-hydrogen) atoms. The highest BCUT2D eigenvalue weighted by Gasteiger charge is 2.18. The van der Waals surface area contributed by atoms with Gasteiger partial charge < -0.3 is 10.4 Å². The molecular weight excluding hydrogens is 321 g/mol. The van der Waals surface area contributed by atoms with Gasteiger partial charge in [-0.25, -0.2) is 4.39 Å². The van der Waals surface area contributed by atoms with Crippen molar-refractivity contribution >= 4 is 5.91 Å². The second-order valence-corrected chi connectivity index (χ2v) is 6.31. The van der Waals surface area contributed by atoms with Gasteiger partial charge in [-0.3, -0.25) is 14.7 Å². The van der Waals surface area contributed by atoms with Gasteiger partial charge in [0.1, 0.15) is 0 Å². The average molecular weight is 343 g/mol. The van der Waals surface area contributed by atoms with Crippen LogP contribution in [0.15, 0.2) is 42.7 Å². The summed E-state index contributed by atoms with van der Waals surface area (Å²) in [6.07, 6.45) is 3.83. The standard InChI is InChI=1S/C19H22FN3O2/c20-18-12-21-8-5-17(18)19(25)22-11-14-3-1-2-4-15(14)13-23-9-6-16(24)7-10-23/h1-5,8,12,16,24H,6-7,9-11,13H2,(H,22,25). The SMILES string of the molecule is O=C(NCc1ccccc1CN1CCC(O)CC1)c1ccncc1F. The van der Waals surface area contributed by atoms with Gasteiger partial charge in [-0.2, -0.15) is 0 Å². The van der Waals surface area contributed by atoms with E-state index in [0.29, 0.717) is 6.54 Å². The van der Waals surface area contributed by atoms with E-state index in [2.05, 4.69) is 15.2 Å². The van der Waals surface area contributed by atoms with Crippen molar-refractivity contribution in [1.82, 2.24) is 15.2 Å². The Bertz CT molecular complexity index is 730. The summed E-state index contributed by atoms with van der Waals surface area (Å²) in [6, 6.07) is 9.28. The Kier molecular flexibility index (Phi) is 5.73. The first-order valence-electron chi connectivity index (χ1n) is 8.48. The molecule has 5 nitrogen and oxygen atoms in total. The molecule has 1 saturated heterocycles. The summed E-state index contributed by atoms with van der Waals surface area (Å²) in [6.45, 7) is 2.85. The fourth-order valence-corrected chi connectivity index (χ4v) is 3.03. The van der Waals surface area contributed by atoms with Crippen LogP contribution in [0.1, 0.15) is 34.3 Å². The molecule has 1 aliphatic rings. The highest BCUT2D eigenvalue weighted by atomic mass is 19.1. The van der Waals surface area contributed by atoms with E-state index in [1.165, 1.54) is 12.3 Å². The molecule has 0 atom stereocenters. The summed E-state index contributed by atoms with van der Waals surface area (Å²) in [5.74, 6) is -1.07. The van der Waals surface area contributed by atoms with E-state index in [4.69, 9.17) is 0 Å². The van der Waals surface area contributed by atoms with Crippen molar-refractivity contribution in [2.75, 3.05) is 13.1 Å². The van der Waals surface area contributed by atoms with E-state index in [9.17, 15) is 14.3 Å². The largest absolute Gasteiger partial charge is 0.393 e. The minimum Gasteiger partial charge on any atom is -0.393 e. The van der Waals surface area contributed by atoms with Crippen molar-refractivity contribution in [3.63, 3.8) is 0 Å². The molecule has 3 rings (SSSR count). The molecule has 0 radical (unpaired) electrons. The van der Waals surface area contributed by atoms with Gasteiger partial charge in [-0.15, -0.1) is 0 Å². The molecule has 2 aromatic rings. The molecule has 0 bridgehead atoms. The number of carbonyl (C=O) groups excluding carboxylic acids is 1. The quantitative estimate of drug-likeness (QED) is 0.873. The third kappa shape index (κ3) is 4.61. The van der Waals surface area contributed by atoms with E-state index in [1.807, 2.05) is 24.3 Å². The molecule has 1 aromatic carbocycles. The van der Waals surface area contributed by atoms with Gasteiger partial charge in [0.05, 0.1) is 17.9 Å². The normalized spacial score (nSPS) is 15.9. The number of amides is 1. The van der Waals surface area contributed by atoms with E-state index >= 15 is 0 Å². The lowest BCUT2D eigenvalue weighted by Crippen LogP contribution is -2.35. The predicted molar refractivity (Wildman–Crippen MR) is 92.3 cm³/mol. The zero-order chi connectivity index (χ0) is 17.6. The number of pyridine rings is 1. The summed E-state index contributed by atoms with van der Waals surface area (Å²) in [4.78, 5) is 18.1. The molecule has 6 heteroatoms. The Morgan fingerprint density at radius 3 is 2.68 bits per heavy atom. The topological polar surface area (TPSA) is 65.5 Å². The van der Waals surface area contributed by atoms with Crippen LogP contribution in [0, 0.1) is 5.82 Å². The van der Waals surface area contributed by atoms with Crippen molar-refractivity contribution < 1.29 is 14.3 Å². The molecule has 0 aliphatic carbocycles. The maximum Gasteiger partial charge on any atom is 0.254 e. The number of carbonyl (C=O) groups is 1. The Labute approximate surface area is 146 Å². The van der Waals surface area contributed by atoms with Crippen molar-refractivity contribution in [3.05, 3.63) is 65.2 Å². The van der Waals surface area contributed by atoms with E-state index in [-0.39, 0.29) is 11.7 Å². The number of hydrogen-bond acceptors (Lipinski definition) is 4. The summed E-state index contributed by atoms with van der Waals surface area (Å²) in [5, 5.41) is 12.4. The monoisotopic (exact) mass is 343 g/mol. The number of rotatable bonds is 5. The van der Waals surface area contributed by atoms with Crippen molar-refractivity contribution in [1.29, 1.82) is 0 Å². The maximum absolute atomic E-state index is 13.6. The minimum atomic E-state index is -0.625. The highest BCUT2D eigenvalue weighted by molar-refractivity contribution is 5.94. The van der Waals surface area contributed by atoms with E-state index in [1.54, 1.807) is 0 Å². The lowest BCUT2D eigenvalue weighted by molar-refractivity contribution is 0.0790. The lowest BCUT2D eigenvalue weighted by Gasteiger charge is -2.30. The molecule has 0 saturated carbocycles. The molecular formula is C19H22FN3O2. The Hall–Kier alpha value is -2.31. The Morgan fingerprint density at radius 1 is 1.24 bits per heavy atom. The number of hydrogen-bond donors (Lipinski definition) is 2. The fraction of sp³-hybridized carbons (Fsp3) is 0.368. The first-order valence-corrected chi connectivity index (χ1v) is 8.48. The summed E-state index contributed by atoms with van der Waals surface area (Å²) >= 11 is 0. The lowest BCUT2D eigenvalue weighted by atomic mass is 10.0. The molecule has 2 heterocycles. The molecule has 2 N–H and O–H groups in total. The molecule has 1 amide bonds. The molecule has 1 fully saturated rings. The summed E-state index contributed by atoms with van der Waals surface area (Å²) in [7, 11) is 0. The fourth-order valence-electron chi connectivity index (χ4n) is 3.03. The molecule has 1 aromatic heterocycles. The third-order valence-corrected chi connectivity index (χ3v) is 4.53. The zero-order valence-electron chi connectivity index (χ0n) is 14.0. The van der Waals surface area contributed by atoms with Crippen LogP contribution in [0.5, 0.6) is 0 Å². The van der Waals surface area contributed by atoms with Crippen molar-refractivity contribution in [2.24, 2.45) is 0 Å². The van der Waals surface area contributed by atoms with Crippen LogP contribution in [0.3, 0.4) is 0 Å². The van der Waals surface area contributed by atoms with Gasteiger partial charge >= 0.3 is 0 Å². The minimum absolute atomic E-state index is 0.00232. The number of likely N-dealkylation sites (tertiary alicyclic amines) is 1. The number of nitrogens with zero attached hydrogens (tertiary/aromatic N) is 2. The summed E-state index contributed by atoms with van der Waals surface area (Å²) < 4.78 is 13.6. The smallest absolute Gasteiger partial charge is 0.254 e. The summed E-state index contributed by atoms with van der Waals surface area (Å²) in [5.41, 5.74) is 2.14. The van der Waals surface area contributed by atoms with Crippen LogP contribution >= 0.6 is 0 Å².